The standard InChI is InChI=1S/C18H15ClN4O2S/c1-2-20-18-22(21-11-14-5-3-4-6-16(14)19)17(12-26-18)13-7-9-15(10-8-13)23(24)25/h3-12H,2H2,1H3. The number of nitrogens with zero attached hydrogens (tertiary/aromatic N) is 4. The molecule has 0 unspecified atom stereocenters. The molecule has 132 valence electrons. The third kappa shape index (κ3) is 3.89. The van der Waals surface area contributed by atoms with Gasteiger partial charge in [0.15, 0.2) is 0 Å². The van der Waals surface area contributed by atoms with Gasteiger partial charge in [-0.3, -0.25) is 15.1 Å². The minimum Gasteiger partial charge on any atom is -0.258 e. The van der Waals surface area contributed by atoms with Gasteiger partial charge in [-0.25, -0.2) is 4.68 Å². The summed E-state index contributed by atoms with van der Waals surface area (Å²) in [5.74, 6) is 0. The van der Waals surface area contributed by atoms with E-state index in [9.17, 15) is 10.1 Å². The Morgan fingerprint density at radius 2 is 1.96 bits per heavy atom. The number of hydrogen-bond donors (Lipinski definition) is 0. The maximum Gasteiger partial charge on any atom is 0.269 e. The van der Waals surface area contributed by atoms with Crippen LogP contribution in [-0.4, -0.2) is 22.4 Å². The van der Waals surface area contributed by atoms with Gasteiger partial charge in [-0.15, -0.1) is 11.3 Å². The van der Waals surface area contributed by atoms with Crippen LogP contribution in [-0.2, 0) is 0 Å². The first-order chi connectivity index (χ1) is 12.6. The van der Waals surface area contributed by atoms with Crippen LogP contribution >= 0.6 is 22.9 Å². The minimum atomic E-state index is -0.418. The second-order valence-corrected chi connectivity index (χ2v) is 6.50. The number of thiazole rings is 1. The Hall–Kier alpha value is -2.77. The Bertz CT molecular complexity index is 1020. The molecular formula is C18H15ClN4O2S. The van der Waals surface area contributed by atoms with Gasteiger partial charge in [-0.05, 0) is 25.1 Å². The molecule has 0 N–H and O–H groups in total. The minimum absolute atomic E-state index is 0.0496. The van der Waals surface area contributed by atoms with Gasteiger partial charge >= 0.3 is 0 Å². The number of nitro groups is 1. The molecule has 0 aliphatic rings. The highest BCUT2D eigenvalue weighted by molar-refractivity contribution is 7.07. The molecule has 3 rings (SSSR count). The van der Waals surface area contributed by atoms with Crippen molar-refractivity contribution in [2.24, 2.45) is 10.1 Å². The number of non-ortho nitro benzene ring substituents is 1. The summed E-state index contributed by atoms with van der Waals surface area (Å²) < 4.78 is 1.72. The van der Waals surface area contributed by atoms with Crippen molar-refractivity contribution < 1.29 is 4.92 Å². The molecule has 0 saturated heterocycles. The van der Waals surface area contributed by atoms with Gasteiger partial charge in [0.25, 0.3) is 5.69 Å². The molecule has 0 bridgehead atoms. The smallest absolute Gasteiger partial charge is 0.258 e. The highest BCUT2D eigenvalue weighted by Crippen LogP contribution is 2.23. The summed E-state index contributed by atoms with van der Waals surface area (Å²) in [5.41, 5.74) is 2.47. The van der Waals surface area contributed by atoms with E-state index in [1.165, 1.54) is 23.5 Å². The topological polar surface area (TPSA) is 72.8 Å². The molecule has 0 aliphatic heterocycles. The van der Waals surface area contributed by atoms with Gasteiger partial charge in [0, 0.05) is 40.2 Å². The molecule has 0 saturated carbocycles. The quantitative estimate of drug-likeness (QED) is 0.365. The average Bonchev–Trinajstić information content (AvgIpc) is 3.04. The number of rotatable bonds is 5. The Morgan fingerprint density at radius 3 is 2.62 bits per heavy atom. The predicted octanol–water partition coefficient (Wildman–Crippen LogP) is 4.58. The first-order valence-corrected chi connectivity index (χ1v) is 9.10. The Kier molecular flexibility index (Phi) is 5.60. The van der Waals surface area contributed by atoms with Crippen LogP contribution < -0.4 is 4.80 Å². The fourth-order valence-electron chi connectivity index (χ4n) is 2.31. The molecule has 0 fully saturated rings. The SMILES string of the molecule is CCN=c1scc(-c2ccc([N+](=O)[O-])cc2)n1N=Cc1ccccc1Cl. The van der Waals surface area contributed by atoms with Gasteiger partial charge in [0.05, 0.1) is 16.8 Å². The van der Waals surface area contributed by atoms with E-state index in [-0.39, 0.29) is 5.69 Å². The van der Waals surface area contributed by atoms with Crippen LogP contribution in [0.25, 0.3) is 11.3 Å². The fraction of sp³-hybridized carbons (Fsp3) is 0.111. The van der Waals surface area contributed by atoms with Crippen LogP contribution in [0.5, 0.6) is 0 Å². The van der Waals surface area contributed by atoms with Crippen molar-refractivity contribution in [1.82, 2.24) is 4.68 Å². The van der Waals surface area contributed by atoms with Gasteiger partial charge in [0.2, 0.25) is 4.80 Å². The van der Waals surface area contributed by atoms with Crippen LogP contribution in [0.1, 0.15) is 12.5 Å². The van der Waals surface area contributed by atoms with Crippen molar-refractivity contribution in [2.45, 2.75) is 6.92 Å². The lowest BCUT2D eigenvalue weighted by atomic mass is 10.1. The van der Waals surface area contributed by atoms with Crippen molar-refractivity contribution in [3.8, 4) is 11.3 Å². The zero-order valence-electron chi connectivity index (χ0n) is 13.9. The number of nitro benzene ring substituents is 1. The summed E-state index contributed by atoms with van der Waals surface area (Å²) in [7, 11) is 0. The zero-order chi connectivity index (χ0) is 18.5. The molecule has 3 aromatic rings. The van der Waals surface area contributed by atoms with Crippen LogP contribution in [0.2, 0.25) is 5.02 Å². The third-order valence-corrected chi connectivity index (χ3v) is 4.77. The van der Waals surface area contributed by atoms with Gasteiger partial charge in [-0.2, -0.15) is 5.10 Å². The lowest BCUT2D eigenvalue weighted by Gasteiger charge is -2.04. The first-order valence-electron chi connectivity index (χ1n) is 7.85. The number of benzene rings is 2. The lowest BCUT2D eigenvalue weighted by molar-refractivity contribution is -0.384. The molecule has 2 aromatic carbocycles. The maximum atomic E-state index is 10.8. The summed E-state index contributed by atoms with van der Waals surface area (Å²) in [6, 6.07) is 13.8. The third-order valence-electron chi connectivity index (χ3n) is 3.57. The van der Waals surface area contributed by atoms with Crippen LogP contribution in [0.3, 0.4) is 0 Å². The molecule has 0 atom stereocenters. The molecule has 26 heavy (non-hydrogen) atoms. The van der Waals surface area contributed by atoms with Gasteiger partial charge < -0.3 is 0 Å². The summed E-state index contributed by atoms with van der Waals surface area (Å²) in [4.78, 5) is 15.6. The van der Waals surface area contributed by atoms with E-state index in [2.05, 4.69) is 10.1 Å². The molecule has 0 spiro atoms. The van der Waals surface area contributed by atoms with Crippen LogP contribution in [0, 0.1) is 10.1 Å². The zero-order valence-corrected chi connectivity index (χ0v) is 15.4. The molecule has 1 heterocycles. The summed E-state index contributed by atoms with van der Waals surface area (Å²) >= 11 is 7.65. The average molecular weight is 387 g/mol. The monoisotopic (exact) mass is 386 g/mol. The second-order valence-electron chi connectivity index (χ2n) is 5.26. The van der Waals surface area contributed by atoms with E-state index in [4.69, 9.17) is 11.6 Å². The molecule has 0 radical (unpaired) electrons. The summed E-state index contributed by atoms with van der Waals surface area (Å²) in [6.45, 7) is 2.58. The van der Waals surface area contributed by atoms with E-state index in [0.29, 0.717) is 11.6 Å². The summed E-state index contributed by atoms with van der Waals surface area (Å²) in [5, 5.41) is 17.9. The molecule has 8 heteroatoms. The summed E-state index contributed by atoms with van der Waals surface area (Å²) in [6.07, 6.45) is 1.68. The van der Waals surface area contributed by atoms with E-state index in [1.807, 2.05) is 30.5 Å². The van der Waals surface area contributed by atoms with Crippen molar-refractivity contribution >= 4 is 34.8 Å². The number of aromatic nitrogens is 1. The van der Waals surface area contributed by atoms with Gasteiger partial charge in [-0.1, -0.05) is 29.8 Å². The second kappa shape index (κ2) is 8.07. The molecule has 0 amide bonds. The molecule has 6 nitrogen and oxygen atoms in total. The van der Waals surface area contributed by atoms with Crippen molar-refractivity contribution in [1.29, 1.82) is 0 Å². The molecular weight excluding hydrogens is 372 g/mol. The predicted molar refractivity (Wildman–Crippen MR) is 105 cm³/mol. The van der Waals surface area contributed by atoms with Crippen molar-refractivity contribution in [2.75, 3.05) is 6.54 Å². The Morgan fingerprint density at radius 1 is 1.23 bits per heavy atom. The van der Waals surface area contributed by atoms with Gasteiger partial charge in [0.1, 0.15) is 0 Å². The molecule has 1 aromatic heterocycles. The van der Waals surface area contributed by atoms with Crippen molar-refractivity contribution in [3.63, 3.8) is 0 Å². The number of hydrogen-bond acceptors (Lipinski definition) is 5. The Labute approximate surface area is 158 Å². The lowest BCUT2D eigenvalue weighted by Crippen LogP contribution is -2.12. The normalized spacial score (nSPS) is 12.0. The fourth-order valence-corrected chi connectivity index (χ4v) is 3.39. The van der Waals surface area contributed by atoms with E-state index in [1.54, 1.807) is 29.1 Å². The van der Waals surface area contributed by atoms with E-state index in [0.717, 1.165) is 21.6 Å². The highest BCUT2D eigenvalue weighted by atomic mass is 35.5. The van der Waals surface area contributed by atoms with Crippen LogP contribution in [0.4, 0.5) is 5.69 Å². The molecule has 0 aliphatic carbocycles. The number of halogens is 1. The van der Waals surface area contributed by atoms with E-state index >= 15 is 0 Å². The highest BCUT2D eigenvalue weighted by Gasteiger charge is 2.10. The van der Waals surface area contributed by atoms with Crippen LogP contribution in [0.15, 0.2) is 64.0 Å². The van der Waals surface area contributed by atoms with Crippen molar-refractivity contribution in [3.05, 3.63) is 79.4 Å². The first kappa shape index (κ1) is 18.0. The maximum absolute atomic E-state index is 10.8. The largest absolute Gasteiger partial charge is 0.269 e. The Balaban J connectivity index is 2.06. The van der Waals surface area contributed by atoms with E-state index < -0.39 is 4.92 Å².